The van der Waals surface area contributed by atoms with Gasteiger partial charge in [-0.05, 0) is 38.8 Å². The van der Waals surface area contributed by atoms with Gasteiger partial charge in [-0.2, -0.15) is 4.98 Å². The third kappa shape index (κ3) is 4.13. The van der Waals surface area contributed by atoms with E-state index in [1.165, 1.54) is 9.13 Å². The summed E-state index contributed by atoms with van der Waals surface area (Å²) in [4.78, 5) is 52.6. The van der Waals surface area contributed by atoms with Gasteiger partial charge in [0.05, 0.1) is 5.69 Å². The molecule has 2 N–H and O–H groups in total. The van der Waals surface area contributed by atoms with Crippen molar-refractivity contribution in [2.75, 3.05) is 29.4 Å². The predicted octanol–water partition coefficient (Wildman–Crippen LogP) is 1.24. The Balaban J connectivity index is 1.66. The highest BCUT2D eigenvalue weighted by Crippen LogP contribution is 2.26. The SMILES string of the molecule is CC(C)=CCn1c(N2CCCC(N)C2)nc2c1c(=O)n(CN1CCC(=O)c3ncccc31)c(=O)n2C. The molecule has 0 bridgehead atoms. The summed E-state index contributed by atoms with van der Waals surface area (Å²) in [5.74, 6) is 0.613. The molecule has 1 fully saturated rings. The molecule has 5 rings (SSSR count). The summed E-state index contributed by atoms with van der Waals surface area (Å²) >= 11 is 0. The second-order valence-corrected chi connectivity index (χ2v) is 9.85. The van der Waals surface area contributed by atoms with Gasteiger partial charge < -0.3 is 20.1 Å². The van der Waals surface area contributed by atoms with E-state index in [9.17, 15) is 14.4 Å². The maximum atomic E-state index is 13.9. The van der Waals surface area contributed by atoms with Gasteiger partial charge >= 0.3 is 5.69 Å². The monoisotopic (exact) mass is 492 g/mol. The van der Waals surface area contributed by atoms with Gasteiger partial charge in [0.15, 0.2) is 16.9 Å². The first-order valence-corrected chi connectivity index (χ1v) is 12.3. The van der Waals surface area contributed by atoms with E-state index in [1.807, 2.05) is 29.4 Å². The number of pyridine rings is 1. The Labute approximate surface area is 208 Å². The molecule has 0 amide bonds. The number of imidazole rings is 1. The van der Waals surface area contributed by atoms with Gasteiger partial charge in [-0.1, -0.05) is 11.6 Å². The summed E-state index contributed by atoms with van der Waals surface area (Å²) in [6.45, 7) is 6.33. The van der Waals surface area contributed by atoms with Crippen LogP contribution in [0.25, 0.3) is 11.2 Å². The van der Waals surface area contributed by atoms with Gasteiger partial charge in [-0.15, -0.1) is 0 Å². The number of fused-ring (bicyclic) bond motifs is 2. The van der Waals surface area contributed by atoms with Crippen molar-refractivity contribution in [1.82, 2.24) is 23.7 Å². The smallest absolute Gasteiger partial charge is 0.333 e. The van der Waals surface area contributed by atoms with Crippen LogP contribution in [-0.4, -0.2) is 55.1 Å². The van der Waals surface area contributed by atoms with Gasteiger partial charge in [0.25, 0.3) is 5.56 Å². The molecule has 11 nitrogen and oxygen atoms in total. The van der Waals surface area contributed by atoms with Gasteiger partial charge in [-0.25, -0.2) is 9.36 Å². The van der Waals surface area contributed by atoms with Crippen LogP contribution in [0.1, 0.15) is 43.6 Å². The number of piperidine rings is 1. The predicted molar refractivity (Wildman–Crippen MR) is 139 cm³/mol. The van der Waals surface area contributed by atoms with Gasteiger partial charge in [0.2, 0.25) is 5.95 Å². The van der Waals surface area contributed by atoms with Gasteiger partial charge in [0, 0.05) is 51.9 Å². The molecule has 3 aromatic heterocycles. The van der Waals surface area contributed by atoms with Crippen molar-refractivity contribution in [3.8, 4) is 0 Å². The molecule has 1 saturated heterocycles. The summed E-state index contributed by atoms with van der Waals surface area (Å²) in [5, 5.41) is 0. The van der Waals surface area contributed by atoms with Crippen LogP contribution >= 0.6 is 0 Å². The van der Waals surface area contributed by atoms with Crippen molar-refractivity contribution in [3.05, 3.63) is 56.5 Å². The molecule has 11 heteroatoms. The number of aryl methyl sites for hydroxylation is 1. The zero-order valence-electron chi connectivity index (χ0n) is 21.0. The Morgan fingerprint density at radius 2 is 2.00 bits per heavy atom. The van der Waals surface area contributed by atoms with Crippen molar-refractivity contribution in [2.24, 2.45) is 12.8 Å². The number of hydrogen-bond acceptors (Lipinski definition) is 8. The number of anilines is 2. The molecule has 1 unspecified atom stereocenters. The lowest BCUT2D eigenvalue weighted by molar-refractivity contribution is 0.0974. The summed E-state index contributed by atoms with van der Waals surface area (Å²) < 4.78 is 4.55. The van der Waals surface area contributed by atoms with Crippen molar-refractivity contribution in [2.45, 2.75) is 52.4 Å². The highest BCUT2D eigenvalue weighted by Gasteiger charge is 2.28. The molecule has 36 heavy (non-hydrogen) atoms. The molecule has 0 saturated carbocycles. The number of aromatic nitrogens is 5. The third-order valence-electron chi connectivity index (χ3n) is 6.95. The maximum Gasteiger partial charge on any atom is 0.333 e. The minimum absolute atomic E-state index is 0.0190. The number of rotatable bonds is 5. The van der Waals surface area contributed by atoms with Crippen molar-refractivity contribution in [1.29, 1.82) is 0 Å². The molecule has 0 aliphatic carbocycles. The Morgan fingerprint density at radius 3 is 2.75 bits per heavy atom. The topological polar surface area (TPSA) is 124 Å². The minimum Gasteiger partial charge on any atom is -0.351 e. The standard InChI is InChI=1S/C25H32N8O3/c1-16(2)8-13-32-21-22(28-24(32)30-11-5-6-17(26)14-30)29(3)25(36)33(23(21)35)15-31-12-9-19(34)20-18(31)7-4-10-27-20/h4,7-8,10,17H,5-6,9,11-15,26H2,1-3H3. The first kappa shape index (κ1) is 24.0. The number of nitrogens with two attached hydrogens (primary N) is 1. The molecule has 0 aromatic carbocycles. The van der Waals surface area contributed by atoms with Crippen LogP contribution in [0.2, 0.25) is 0 Å². The minimum atomic E-state index is -0.455. The summed E-state index contributed by atoms with van der Waals surface area (Å²) in [5.41, 5.74) is 8.23. The van der Waals surface area contributed by atoms with Gasteiger partial charge in [-0.3, -0.25) is 19.1 Å². The van der Waals surface area contributed by atoms with Crippen LogP contribution < -0.4 is 26.8 Å². The fraction of sp³-hybridized carbons (Fsp3) is 0.480. The van der Waals surface area contributed by atoms with Crippen LogP contribution in [0.5, 0.6) is 0 Å². The normalized spacial score (nSPS) is 18.0. The maximum absolute atomic E-state index is 13.9. The number of carbonyl (C=O) groups is 1. The molecule has 2 aliphatic rings. The van der Waals surface area contributed by atoms with E-state index in [1.54, 1.807) is 25.4 Å². The molecule has 190 valence electrons. The second-order valence-electron chi connectivity index (χ2n) is 9.85. The highest BCUT2D eigenvalue weighted by atomic mass is 16.2. The average Bonchev–Trinajstić information content (AvgIpc) is 3.25. The molecule has 0 radical (unpaired) electrons. The summed E-state index contributed by atoms with van der Waals surface area (Å²) in [6.07, 6.45) is 5.79. The van der Waals surface area contributed by atoms with E-state index >= 15 is 0 Å². The van der Waals surface area contributed by atoms with Crippen LogP contribution in [0.15, 0.2) is 39.6 Å². The number of nitrogens with zero attached hydrogens (tertiary/aromatic N) is 7. The van der Waals surface area contributed by atoms with Gasteiger partial charge in [0.1, 0.15) is 12.4 Å². The Kier molecular flexibility index (Phi) is 6.25. The Hall–Kier alpha value is -3.73. The lowest BCUT2D eigenvalue weighted by atomic mass is 10.1. The Bertz CT molecular complexity index is 1480. The zero-order valence-corrected chi connectivity index (χ0v) is 21.0. The first-order valence-electron chi connectivity index (χ1n) is 12.3. The highest BCUT2D eigenvalue weighted by molar-refractivity contribution is 6.01. The molecular weight excluding hydrogens is 460 g/mol. The van der Waals surface area contributed by atoms with Crippen LogP contribution in [0.3, 0.4) is 0 Å². The summed E-state index contributed by atoms with van der Waals surface area (Å²) in [6, 6.07) is 3.58. The third-order valence-corrected chi connectivity index (χ3v) is 6.95. The van der Waals surface area contributed by atoms with Crippen LogP contribution in [0.4, 0.5) is 11.6 Å². The fourth-order valence-corrected chi connectivity index (χ4v) is 5.02. The number of carbonyl (C=O) groups excluding carboxylic acids is 1. The first-order chi connectivity index (χ1) is 17.3. The van der Waals surface area contributed by atoms with Crippen molar-refractivity contribution in [3.63, 3.8) is 0 Å². The molecule has 0 spiro atoms. The van der Waals surface area contributed by atoms with E-state index in [2.05, 4.69) is 9.88 Å². The van der Waals surface area contributed by atoms with E-state index in [0.717, 1.165) is 25.0 Å². The number of Topliss-reactive ketones (excluding diaryl/α,β-unsaturated/α-hetero) is 1. The van der Waals surface area contributed by atoms with Crippen LogP contribution in [-0.2, 0) is 20.3 Å². The number of ketones is 1. The lowest BCUT2D eigenvalue weighted by Gasteiger charge is -2.31. The number of hydrogen-bond donors (Lipinski definition) is 1. The summed E-state index contributed by atoms with van der Waals surface area (Å²) in [7, 11) is 1.64. The van der Waals surface area contributed by atoms with Crippen LogP contribution in [0, 0.1) is 0 Å². The largest absolute Gasteiger partial charge is 0.351 e. The van der Waals surface area contributed by atoms with Crippen molar-refractivity contribution < 1.29 is 4.79 Å². The Morgan fingerprint density at radius 1 is 1.19 bits per heavy atom. The van der Waals surface area contributed by atoms with E-state index < -0.39 is 11.2 Å². The number of allylic oxidation sites excluding steroid dienone is 2. The molecular formula is C25H32N8O3. The molecule has 3 aromatic rings. The zero-order chi connectivity index (χ0) is 25.6. The quantitative estimate of drug-likeness (QED) is 0.528. The molecule has 5 heterocycles. The van der Waals surface area contributed by atoms with Crippen molar-refractivity contribution >= 4 is 28.6 Å². The molecule has 1 atom stereocenters. The molecule has 2 aliphatic heterocycles. The van der Waals surface area contributed by atoms with E-state index in [0.29, 0.717) is 48.1 Å². The lowest BCUT2D eigenvalue weighted by Crippen LogP contribution is -2.46. The van der Waals surface area contributed by atoms with E-state index in [-0.39, 0.29) is 24.9 Å². The van der Waals surface area contributed by atoms with E-state index in [4.69, 9.17) is 10.7 Å². The second kappa shape index (κ2) is 9.38. The fourth-order valence-electron chi connectivity index (χ4n) is 5.02. The average molecular weight is 493 g/mol.